The summed E-state index contributed by atoms with van der Waals surface area (Å²) in [6.07, 6.45) is 3.23. The zero-order valence-electron chi connectivity index (χ0n) is 13.5. The molecule has 3 rings (SSSR count). The third-order valence-electron chi connectivity index (χ3n) is 3.87. The molecule has 0 atom stereocenters. The average Bonchev–Trinajstić information content (AvgIpc) is 2.62. The molecule has 6 heteroatoms. The zero-order valence-corrected chi connectivity index (χ0v) is 15.1. The number of nitrogens with zero attached hydrogens (tertiary/aromatic N) is 1. The zero-order chi connectivity index (χ0) is 17.6. The van der Waals surface area contributed by atoms with Gasteiger partial charge in [0.05, 0.1) is 24.6 Å². The SMILES string of the molecule is O=C(C=Cc1ccc(Cl)cc1)Nc1cc(Cl)ccc1N1CCOCC1. The van der Waals surface area contributed by atoms with Crippen LogP contribution < -0.4 is 10.2 Å². The van der Waals surface area contributed by atoms with E-state index in [2.05, 4.69) is 10.2 Å². The second-order valence-electron chi connectivity index (χ2n) is 5.64. The van der Waals surface area contributed by atoms with E-state index in [1.54, 1.807) is 24.3 Å². The molecule has 1 amide bonds. The van der Waals surface area contributed by atoms with E-state index in [1.165, 1.54) is 6.08 Å². The molecule has 0 aliphatic carbocycles. The molecule has 1 fully saturated rings. The van der Waals surface area contributed by atoms with Crippen molar-refractivity contribution in [3.05, 3.63) is 64.1 Å². The van der Waals surface area contributed by atoms with Gasteiger partial charge in [-0.1, -0.05) is 35.3 Å². The van der Waals surface area contributed by atoms with E-state index in [-0.39, 0.29) is 5.91 Å². The molecule has 1 saturated heterocycles. The molecule has 0 aromatic heterocycles. The van der Waals surface area contributed by atoms with Gasteiger partial charge in [-0.05, 0) is 42.0 Å². The molecular formula is C19H18Cl2N2O2. The summed E-state index contributed by atoms with van der Waals surface area (Å²) in [7, 11) is 0. The summed E-state index contributed by atoms with van der Waals surface area (Å²) in [6.45, 7) is 2.91. The van der Waals surface area contributed by atoms with Crippen LogP contribution in [0.2, 0.25) is 10.0 Å². The van der Waals surface area contributed by atoms with E-state index < -0.39 is 0 Å². The topological polar surface area (TPSA) is 41.6 Å². The largest absolute Gasteiger partial charge is 0.378 e. The number of morpholine rings is 1. The number of benzene rings is 2. The van der Waals surface area contributed by atoms with E-state index in [9.17, 15) is 4.79 Å². The minimum absolute atomic E-state index is 0.216. The van der Waals surface area contributed by atoms with Crippen LogP contribution in [0.25, 0.3) is 6.08 Å². The fourth-order valence-electron chi connectivity index (χ4n) is 2.61. The fraction of sp³-hybridized carbons (Fsp3) is 0.211. The fourth-order valence-corrected chi connectivity index (χ4v) is 2.91. The Bertz CT molecular complexity index is 769. The summed E-state index contributed by atoms with van der Waals surface area (Å²) in [5, 5.41) is 4.15. The maximum atomic E-state index is 12.3. The maximum absolute atomic E-state index is 12.3. The Kier molecular flexibility index (Phi) is 5.97. The van der Waals surface area contributed by atoms with Gasteiger partial charge in [-0.25, -0.2) is 0 Å². The van der Waals surface area contributed by atoms with Crippen molar-refractivity contribution in [2.45, 2.75) is 0 Å². The molecule has 0 spiro atoms. The van der Waals surface area contributed by atoms with Gasteiger partial charge < -0.3 is 15.0 Å². The van der Waals surface area contributed by atoms with Gasteiger partial charge >= 0.3 is 0 Å². The molecule has 0 unspecified atom stereocenters. The minimum atomic E-state index is -0.216. The quantitative estimate of drug-likeness (QED) is 0.799. The molecule has 0 bridgehead atoms. The lowest BCUT2D eigenvalue weighted by Gasteiger charge is -2.30. The van der Waals surface area contributed by atoms with E-state index in [4.69, 9.17) is 27.9 Å². The third kappa shape index (κ3) is 4.98. The van der Waals surface area contributed by atoms with Crippen LogP contribution in [0.15, 0.2) is 48.5 Å². The highest BCUT2D eigenvalue weighted by Gasteiger charge is 2.16. The second kappa shape index (κ2) is 8.39. The van der Waals surface area contributed by atoms with Crippen molar-refractivity contribution in [1.82, 2.24) is 0 Å². The Labute approximate surface area is 157 Å². The smallest absolute Gasteiger partial charge is 0.248 e. The van der Waals surface area contributed by atoms with Gasteiger partial charge in [0.25, 0.3) is 0 Å². The molecule has 1 aliphatic heterocycles. The molecule has 1 N–H and O–H groups in total. The van der Waals surface area contributed by atoms with Crippen molar-refractivity contribution in [2.75, 3.05) is 36.5 Å². The molecule has 25 heavy (non-hydrogen) atoms. The molecule has 0 radical (unpaired) electrons. The van der Waals surface area contributed by atoms with Gasteiger partial charge in [0.1, 0.15) is 0 Å². The minimum Gasteiger partial charge on any atom is -0.378 e. The van der Waals surface area contributed by atoms with Crippen LogP contribution in [0.1, 0.15) is 5.56 Å². The number of halogens is 2. The highest BCUT2D eigenvalue weighted by molar-refractivity contribution is 6.31. The molecule has 1 aliphatic rings. The predicted octanol–water partition coefficient (Wildman–Crippen LogP) is 4.48. The van der Waals surface area contributed by atoms with Gasteiger partial charge in [-0.2, -0.15) is 0 Å². The van der Waals surface area contributed by atoms with Crippen LogP contribution in [-0.2, 0) is 9.53 Å². The molecule has 130 valence electrons. The van der Waals surface area contributed by atoms with Crippen molar-refractivity contribution in [3.63, 3.8) is 0 Å². The molecule has 0 saturated carbocycles. The number of anilines is 2. The second-order valence-corrected chi connectivity index (χ2v) is 6.51. The number of hydrogen-bond donors (Lipinski definition) is 1. The number of nitrogens with one attached hydrogen (secondary N) is 1. The van der Waals surface area contributed by atoms with Gasteiger partial charge in [0.15, 0.2) is 0 Å². The number of amides is 1. The normalized spacial score (nSPS) is 14.7. The first-order chi connectivity index (χ1) is 12.1. The Balaban J connectivity index is 1.73. The van der Waals surface area contributed by atoms with Gasteiger partial charge in [0.2, 0.25) is 5.91 Å². The number of ether oxygens (including phenoxy) is 1. The van der Waals surface area contributed by atoms with Crippen LogP contribution in [0.5, 0.6) is 0 Å². The maximum Gasteiger partial charge on any atom is 0.248 e. The third-order valence-corrected chi connectivity index (χ3v) is 4.35. The Morgan fingerprint density at radius 3 is 2.44 bits per heavy atom. The molecule has 2 aromatic rings. The van der Waals surface area contributed by atoms with Crippen LogP contribution in [0, 0.1) is 0 Å². The summed E-state index contributed by atoms with van der Waals surface area (Å²) in [5.74, 6) is -0.216. The van der Waals surface area contributed by atoms with Gasteiger partial charge in [-0.3, -0.25) is 4.79 Å². The van der Waals surface area contributed by atoms with Crippen LogP contribution in [-0.4, -0.2) is 32.2 Å². The number of hydrogen-bond acceptors (Lipinski definition) is 3. The lowest BCUT2D eigenvalue weighted by atomic mass is 10.2. The van der Waals surface area contributed by atoms with Crippen molar-refractivity contribution in [3.8, 4) is 0 Å². The first kappa shape index (κ1) is 17.8. The van der Waals surface area contributed by atoms with E-state index in [1.807, 2.05) is 24.3 Å². The summed E-state index contributed by atoms with van der Waals surface area (Å²) >= 11 is 12.0. The lowest BCUT2D eigenvalue weighted by Crippen LogP contribution is -2.36. The number of carbonyl (C=O) groups excluding carboxylic acids is 1. The van der Waals surface area contributed by atoms with E-state index in [0.29, 0.717) is 28.9 Å². The molecular weight excluding hydrogens is 359 g/mol. The number of carbonyl (C=O) groups is 1. The standard InChI is InChI=1S/C19H18Cl2N2O2/c20-15-4-1-14(2-5-15)3-8-19(24)22-17-13-16(21)6-7-18(17)23-9-11-25-12-10-23/h1-8,13H,9-12H2,(H,22,24). The van der Waals surface area contributed by atoms with Crippen LogP contribution >= 0.6 is 23.2 Å². The summed E-state index contributed by atoms with van der Waals surface area (Å²) in [4.78, 5) is 14.5. The van der Waals surface area contributed by atoms with Gasteiger partial charge in [-0.15, -0.1) is 0 Å². The Morgan fingerprint density at radius 2 is 1.72 bits per heavy atom. The Morgan fingerprint density at radius 1 is 1.04 bits per heavy atom. The summed E-state index contributed by atoms with van der Waals surface area (Å²) < 4.78 is 5.39. The van der Waals surface area contributed by atoms with Crippen molar-refractivity contribution < 1.29 is 9.53 Å². The number of rotatable bonds is 4. The molecule has 2 aromatic carbocycles. The first-order valence-electron chi connectivity index (χ1n) is 7.99. The Hall–Kier alpha value is -2.01. The predicted molar refractivity (Wildman–Crippen MR) is 104 cm³/mol. The molecule has 1 heterocycles. The first-order valence-corrected chi connectivity index (χ1v) is 8.74. The highest BCUT2D eigenvalue weighted by atomic mass is 35.5. The van der Waals surface area contributed by atoms with Crippen molar-refractivity contribution >= 4 is 46.6 Å². The molecule has 4 nitrogen and oxygen atoms in total. The lowest BCUT2D eigenvalue weighted by molar-refractivity contribution is -0.111. The summed E-state index contributed by atoms with van der Waals surface area (Å²) in [5.41, 5.74) is 2.54. The average molecular weight is 377 g/mol. The summed E-state index contributed by atoms with van der Waals surface area (Å²) in [6, 6.07) is 12.8. The monoisotopic (exact) mass is 376 g/mol. The van der Waals surface area contributed by atoms with E-state index >= 15 is 0 Å². The van der Waals surface area contributed by atoms with Crippen molar-refractivity contribution in [1.29, 1.82) is 0 Å². The van der Waals surface area contributed by atoms with Crippen LogP contribution in [0.3, 0.4) is 0 Å². The van der Waals surface area contributed by atoms with E-state index in [0.717, 1.165) is 24.3 Å². The van der Waals surface area contributed by atoms with Gasteiger partial charge in [0, 0.05) is 29.2 Å². The highest BCUT2D eigenvalue weighted by Crippen LogP contribution is 2.30. The van der Waals surface area contributed by atoms with Crippen LogP contribution in [0.4, 0.5) is 11.4 Å². The van der Waals surface area contributed by atoms with Crippen molar-refractivity contribution in [2.24, 2.45) is 0 Å².